The second-order valence-electron chi connectivity index (χ2n) is 6.04. The summed E-state index contributed by atoms with van der Waals surface area (Å²) in [5.41, 5.74) is 2.54. The lowest BCUT2D eigenvalue weighted by atomic mass is 9.90. The lowest BCUT2D eigenvalue weighted by molar-refractivity contribution is -0.150. The minimum Gasteiger partial charge on any atom is -0.332 e. The van der Waals surface area contributed by atoms with E-state index in [1.54, 1.807) is 4.90 Å². The van der Waals surface area contributed by atoms with Gasteiger partial charge in [-0.1, -0.05) is 24.3 Å². The number of hydrogen-bond donors (Lipinski definition) is 0. The van der Waals surface area contributed by atoms with Crippen LogP contribution in [-0.2, 0) is 16.0 Å². The average molecular weight is 270 g/mol. The van der Waals surface area contributed by atoms with Gasteiger partial charge < -0.3 is 9.80 Å². The van der Waals surface area contributed by atoms with Crippen LogP contribution >= 0.6 is 0 Å². The van der Waals surface area contributed by atoms with Crippen molar-refractivity contribution in [3.8, 4) is 0 Å². The van der Waals surface area contributed by atoms with E-state index in [-0.39, 0.29) is 30.3 Å². The largest absolute Gasteiger partial charge is 0.332 e. The molecule has 2 aliphatic heterocycles. The van der Waals surface area contributed by atoms with Gasteiger partial charge in [0.1, 0.15) is 0 Å². The number of nitrogens with zero attached hydrogens (tertiary/aromatic N) is 2. The molecule has 1 aromatic carbocycles. The number of hydrogen-bond acceptors (Lipinski definition) is 2. The Labute approximate surface area is 118 Å². The van der Waals surface area contributed by atoms with Crippen molar-refractivity contribution in [1.29, 1.82) is 0 Å². The molecule has 0 bridgehead atoms. The second kappa shape index (κ2) is 4.33. The van der Waals surface area contributed by atoms with Crippen molar-refractivity contribution in [3.63, 3.8) is 0 Å². The van der Waals surface area contributed by atoms with Crippen LogP contribution in [0.5, 0.6) is 0 Å². The topological polar surface area (TPSA) is 40.6 Å². The van der Waals surface area contributed by atoms with Crippen LogP contribution in [0.3, 0.4) is 0 Å². The van der Waals surface area contributed by atoms with E-state index in [4.69, 9.17) is 0 Å². The van der Waals surface area contributed by atoms with Gasteiger partial charge in [-0.3, -0.25) is 9.59 Å². The Morgan fingerprint density at radius 3 is 2.80 bits per heavy atom. The lowest BCUT2D eigenvalue weighted by Gasteiger charge is -2.44. The van der Waals surface area contributed by atoms with E-state index in [1.165, 1.54) is 11.1 Å². The summed E-state index contributed by atoms with van der Waals surface area (Å²) in [6.45, 7) is 1.72. The molecule has 0 N–H and O–H groups in total. The third-order valence-electron chi connectivity index (χ3n) is 4.69. The number of fused-ring (bicyclic) bond motifs is 3. The molecule has 4 heteroatoms. The molecule has 1 saturated heterocycles. The fourth-order valence-electron chi connectivity index (χ4n) is 3.43. The fourth-order valence-corrected chi connectivity index (χ4v) is 3.43. The van der Waals surface area contributed by atoms with Gasteiger partial charge in [0.05, 0.1) is 12.6 Å². The molecule has 1 saturated carbocycles. The maximum absolute atomic E-state index is 12.3. The molecular weight excluding hydrogens is 252 g/mol. The molecule has 4 rings (SSSR count). The van der Waals surface area contributed by atoms with Crippen LogP contribution in [-0.4, -0.2) is 41.2 Å². The van der Waals surface area contributed by atoms with Gasteiger partial charge in [-0.15, -0.1) is 0 Å². The Kier molecular flexibility index (Phi) is 2.59. The molecular formula is C16H18N2O2. The highest BCUT2D eigenvalue weighted by atomic mass is 16.2. The standard InChI is InChI=1S/C16H18N2O2/c19-15-10-17(16(20)12-5-6-12)9-14-13-4-2-1-3-11(13)7-8-18(14)15/h1-4,12,14H,5-10H2. The normalized spacial score (nSPS) is 25.2. The Bertz CT molecular complexity index is 580. The van der Waals surface area contributed by atoms with Crippen molar-refractivity contribution in [2.45, 2.75) is 25.3 Å². The van der Waals surface area contributed by atoms with E-state index in [0.717, 1.165) is 25.8 Å². The highest BCUT2D eigenvalue weighted by molar-refractivity contribution is 5.88. The number of carbonyl (C=O) groups excluding carboxylic acids is 2. The van der Waals surface area contributed by atoms with Gasteiger partial charge in [-0.2, -0.15) is 0 Å². The fraction of sp³-hybridized carbons (Fsp3) is 0.500. The van der Waals surface area contributed by atoms with Crippen molar-refractivity contribution >= 4 is 11.8 Å². The third-order valence-corrected chi connectivity index (χ3v) is 4.69. The molecule has 0 aromatic heterocycles. The highest BCUT2D eigenvalue weighted by Gasteiger charge is 2.41. The number of amides is 2. The summed E-state index contributed by atoms with van der Waals surface area (Å²) in [5.74, 6) is 0.471. The van der Waals surface area contributed by atoms with Crippen molar-refractivity contribution < 1.29 is 9.59 Å². The summed E-state index contributed by atoms with van der Waals surface area (Å²) < 4.78 is 0. The molecule has 1 atom stereocenters. The lowest BCUT2D eigenvalue weighted by Crippen LogP contribution is -2.56. The average Bonchev–Trinajstić information content (AvgIpc) is 3.31. The van der Waals surface area contributed by atoms with Gasteiger partial charge in [-0.05, 0) is 30.4 Å². The van der Waals surface area contributed by atoms with Crippen molar-refractivity contribution in [2.75, 3.05) is 19.6 Å². The summed E-state index contributed by atoms with van der Waals surface area (Å²) in [6, 6.07) is 8.37. The van der Waals surface area contributed by atoms with Crippen LogP contribution in [0.2, 0.25) is 0 Å². The number of carbonyl (C=O) groups is 2. The summed E-state index contributed by atoms with van der Waals surface area (Å²) in [4.78, 5) is 28.3. The molecule has 1 unspecified atom stereocenters. The summed E-state index contributed by atoms with van der Waals surface area (Å²) in [5, 5.41) is 0. The first-order valence-electron chi connectivity index (χ1n) is 7.40. The predicted molar refractivity (Wildman–Crippen MR) is 73.9 cm³/mol. The number of piperazine rings is 1. The highest BCUT2D eigenvalue weighted by Crippen LogP contribution is 2.36. The maximum atomic E-state index is 12.3. The Morgan fingerprint density at radius 1 is 1.20 bits per heavy atom. The van der Waals surface area contributed by atoms with Crippen LogP contribution in [0, 0.1) is 5.92 Å². The first-order chi connectivity index (χ1) is 9.74. The van der Waals surface area contributed by atoms with Crippen LogP contribution in [0.25, 0.3) is 0 Å². The van der Waals surface area contributed by atoms with E-state index in [0.29, 0.717) is 6.54 Å². The predicted octanol–water partition coefficient (Wildman–Crippen LogP) is 1.36. The van der Waals surface area contributed by atoms with E-state index in [1.807, 2.05) is 17.0 Å². The number of benzene rings is 1. The Balaban J connectivity index is 1.65. The smallest absolute Gasteiger partial charge is 0.242 e. The van der Waals surface area contributed by atoms with Gasteiger partial charge in [0.2, 0.25) is 11.8 Å². The zero-order valence-corrected chi connectivity index (χ0v) is 11.4. The molecule has 20 heavy (non-hydrogen) atoms. The molecule has 104 valence electrons. The zero-order valence-electron chi connectivity index (χ0n) is 11.4. The molecule has 2 heterocycles. The van der Waals surface area contributed by atoms with Crippen LogP contribution < -0.4 is 0 Å². The summed E-state index contributed by atoms with van der Waals surface area (Å²) in [7, 11) is 0. The van der Waals surface area contributed by atoms with Crippen molar-refractivity contribution in [3.05, 3.63) is 35.4 Å². The zero-order chi connectivity index (χ0) is 13.7. The molecule has 0 spiro atoms. The number of rotatable bonds is 1. The third kappa shape index (κ3) is 1.82. The van der Waals surface area contributed by atoms with E-state index in [2.05, 4.69) is 12.1 Å². The van der Waals surface area contributed by atoms with Gasteiger partial charge >= 0.3 is 0 Å². The van der Waals surface area contributed by atoms with Crippen LogP contribution in [0.1, 0.15) is 30.0 Å². The molecule has 3 aliphatic rings. The first kappa shape index (κ1) is 11.9. The van der Waals surface area contributed by atoms with Gasteiger partial charge in [0.25, 0.3) is 0 Å². The maximum Gasteiger partial charge on any atom is 0.242 e. The van der Waals surface area contributed by atoms with Crippen molar-refractivity contribution in [1.82, 2.24) is 9.80 Å². The monoisotopic (exact) mass is 270 g/mol. The minimum atomic E-state index is 0.0592. The van der Waals surface area contributed by atoms with E-state index in [9.17, 15) is 9.59 Å². The van der Waals surface area contributed by atoms with Crippen LogP contribution in [0.15, 0.2) is 24.3 Å². The molecule has 2 fully saturated rings. The molecule has 4 nitrogen and oxygen atoms in total. The molecule has 0 radical (unpaired) electrons. The SMILES string of the molecule is O=C(C1CC1)N1CC(=O)N2CCc3ccccc3C2C1. The quantitative estimate of drug-likeness (QED) is 0.773. The Hall–Kier alpha value is -1.84. The Morgan fingerprint density at radius 2 is 2.00 bits per heavy atom. The van der Waals surface area contributed by atoms with E-state index < -0.39 is 0 Å². The molecule has 1 aromatic rings. The summed E-state index contributed by atoms with van der Waals surface area (Å²) in [6.07, 6.45) is 2.91. The van der Waals surface area contributed by atoms with Gasteiger partial charge in [0.15, 0.2) is 0 Å². The van der Waals surface area contributed by atoms with Crippen molar-refractivity contribution in [2.24, 2.45) is 5.92 Å². The van der Waals surface area contributed by atoms with Gasteiger partial charge in [-0.25, -0.2) is 0 Å². The summed E-state index contributed by atoms with van der Waals surface area (Å²) >= 11 is 0. The van der Waals surface area contributed by atoms with Gasteiger partial charge in [0, 0.05) is 19.0 Å². The van der Waals surface area contributed by atoms with E-state index >= 15 is 0 Å². The molecule has 2 amide bonds. The van der Waals surface area contributed by atoms with Crippen LogP contribution in [0.4, 0.5) is 0 Å². The molecule has 1 aliphatic carbocycles. The minimum absolute atomic E-state index is 0.0592. The second-order valence-corrected chi connectivity index (χ2v) is 6.04. The first-order valence-corrected chi connectivity index (χ1v) is 7.40.